The summed E-state index contributed by atoms with van der Waals surface area (Å²) in [6.07, 6.45) is 1.37. The molecule has 132 valence electrons. The number of rotatable bonds is 5. The molecular weight excluding hydrogens is 360 g/mol. The Kier molecular flexibility index (Phi) is 5.73. The number of piperidine rings is 1. The van der Waals surface area contributed by atoms with Gasteiger partial charge in [0, 0.05) is 12.2 Å². The predicted molar refractivity (Wildman–Crippen MR) is 99.4 cm³/mol. The van der Waals surface area contributed by atoms with Gasteiger partial charge in [0.15, 0.2) is 0 Å². The fraction of sp³-hybridized carbons (Fsp3) is 0.333. The van der Waals surface area contributed by atoms with E-state index in [0.29, 0.717) is 22.1 Å². The first-order valence-electron chi connectivity index (χ1n) is 8.12. The van der Waals surface area contributed by atoms with Crippen molar-refractivity contribution >= 4 is 40.5 Å². The number of thiophene rings is 1. The van der Waals surface area contributed by atoms with Crippen LogP contribution in [0.25, 0.3) is 0 Å². The number of carbonyl (C=O) groups excluding carboxylic acids is 1. The first kappa shape index (κ1) is 17.9. The van der Waals surface area contributed by atoms with Crippen molar-refractivity contribution in [1.29, 1.82) is 0 Å². The molecule has 2 heterocycles. The van der Waals surface area contributed by atoms with Crippen molar-refractivity contribution in [3.05, 3.63) is 51.2 Å². The number of aliphatic carboxylic acids is 1. The maximum absolute atomic E-state index is 12.2. The molecule has 1 aromatic heterocycles. The van der Waals surface area contributed by atoms with Gasteiger partial charge in [-0.2, -0.15) is 0 Å². The zero-order valence-electron chi connectivity index (χ0n) is 13.6. The highest BCUT2D eigenvalue weighted by molar-refractivity contribution is 7.18. The Bertz CT molecular complexity index is 769. The highest BCUT2D eigenvalue weighted by Gasteiger charge is 2.24. The van der Waals surface area contributed by atoms with E-state index in [9.17, 15) is 9.59 Å². The molecule has 0 atom stereocenters. The standard InChI is InChI=1S/C18H19ClN2O3S/c19-16-5-4-15(25-16)17(22)20-14-3-1-2-12(10-14)11-21-8-6-13(7-9-21)18(23)24/h1-5,10,13H,6-9,11H2,(H,20,22)(H,23,24). The van der Waals surface area contributed by atoms with Crippen molar-refractivity contribution in [2.75, 3.05) is 18.4 Å². The molecule has 1 saturated heterocycles. The van der Waals surface area contributed by atoms with Crippen LogP contribution in [-0.2, 0) is 11.3 Å². The second-order valence-electron chi connectivity index (χ2n) is 6.15. The number of likely N-dealkylation sites (tertiary alicyclic amines) is 1. The molecule has 1 aromatic carbocycles. The number of nitrogens with one attached hydrogen (secondary N) is 1. The lowest BCUT2D eigenvalue weighted by Crippen LogP contribution is -2.35. The lowest BCUT2D eigenvalue weighted by Gasteiger charge is -2.30. The summed E-state index contributed by atoms with van der Waals surface area (Å²) < 4.78 is 0.587. The van der Waals surface area contributed by atoms with Crippen LogP contribution in [0.4, 0.5) is 5.69 Å². The molecule has 3 rings (SSSR count). The first-order valence-corrected chi connectivity index (χ1v) is 9.31. The molecule has 2 aromatic rings. The number of anilines is 1. The summed E-state index contributed by atoms with van der Waals surface area (Å²) in [7, 11) is 0. The van der Waals surface area contributed by atoms with Gasteiger partial charge in [0.1, 0.15) is 0 Å². The Morgan fingerprint density at radius 3 is 2.64 bits per heavy atom. The maximum atomic E-state index is 12.2. The number of benzene rings is 1. The SMILES string of the molecule is O=C(Nc1cccc(CN2CCC(C(=O)O)CC2)c1)c1ccc(Cl)s1. The molecule has 5 nitrogen and oxygen atoms in total. The fourth-order valence-corrected chi connectivity index (χ4v) is 3.91. The van der Waals surface area contributed by atoms with Crippen molar-refractivity contribution in [2.24, 2.45) is 5.92 Å². The summed E-state index contributed by atoms with van der Waals surface area (Å²) in [5.41, 5.74) is 1.84. The van der Waals surface area contributed by atoms with Gasteiger partial charge in [-0.3, -0.25) is 14.5 Å². The normalized spacial score (nSPS) is 15.9. The van der Waals surface area contributed by atoms with Gasteiger partial charge in [-0.1, -0.05) is 23.7 Å². The van der Waals surface area contributed by atoms with Gasteiger partial charge in [-0.05, 0) is 55.8 Å². The summed E-state index contributed by atoms with van der Waals surface area (Å²) in [6, 6.07) is 11.2. The minimum Gasteiger partial charge on any atom is -0.481 e. The van der Waals surface area contributed by atoms with Crippen molar-refractivity contribution < 1.29 is 14.7 Å². The van der Waals surface area contributed by atoms with Crippen LogP contribution >= 0.6 is 22.9 Å². The van der Waals surface area contributed by atoms with Crippen LogP contribution in [0.2, 0.25) is 4.34 Å². The molecule has 0 radical (unpaired) electrons. The summed E-state index contributed by atoms with van der Waals surface area (Å²) in [5.74, 6) is -1.09. The summed E-state index contributed by atoms with van der Waals surface area (Å²) in [4.78, 5) is 26.0. The third kappa shape index (κ3) is 4.81. The second kappa shape index (κ2) is 7.99. The molecule has 0 spiro atoms. The fourth-order valence-electron chi connectivity index (χ4n) is 2.97. The zero-order valence-corrected chi connectivity index (χ0v) is 15.1. The van der Waals surface area contributed by atoms with E-state index in [-0.39, 0.29) is 11.8 Å². The average Bonchev–Trinajstić information content (AvgIpc) is 3.02. The highest BCUT2D eigenvalue weighted by atomic mass is 35.5. The minimum atomic E-state index is -0.696. The van der Waals surface area contributed by atoms with Crippen LogP contribution in [0.3, 0.4) is 0 Å². The third-order valence-corrected chi connectivity index (χ3v) is 5.55. The van der Waals surface area contributed by atoms with Crippen LogP contribution in [-0.4, -0.2) is 35.0 Å². The summed E-state index contributed by atoms with van der Waals surface area (Å²) >= 11 is 7.11. The Hall–Kier alpha value is -1.89. The van der Waals surface area contributed by atoms with E-state index in [2.05, 4.69) is 10.2 Å². The first-order chi connectivity index (χ1) is 12.0. The predicted octanol–water partition coefficient (Wildman–Crippen LogP) is 3.95. The lowest BCUT2D eigenvalue weighted by atomic mass is 9.97. The van der Waals surface area contributed by atoms with Gasteiger partial charge < -0.3 is 10.4 Å². The van der Waals surface area contributed by atoms with Crippen molar-refractivity contribution in [1.82, 2.24) is 4.90 Å². The smallest absolute Gasteiger partial charge is 0.306 e. The quantitative estimate of drug-likeness (QED) is 0.826. The van der Waals surface area contributed by atoms with E-state index in [1.54, 1.807) is 12.1 Å². The van der Waals surface area contributed by atoms with E-state index in [1.807, 2.05) is 24.3 Å². The number of amides is 1. The molecule has 2 N–H and O–H groups in total. The monoisotopic (exact) mass is 378 g/mol. The molecule has 0 bridgehead atoms. The second-order valence-corrected chi connectivity index (χ2v) is 7.86. The van der Waals surface area contributed by atoms with E-state index < -0.39 is 5.97 Å². The van der Waals surface area contributed by atoms with E-state index in [0.717, 1.165) is 30.9 Å². The Labute approximate surface area is 155 Å². The number of carbonyl (C=O) groups is 2. The van der Waals surface area contributed by atoms with Crippen molar-refractivity contribution in [3.63, 3.8) is 0 Å². The maximum Gasteiger partial charge on any atom is 0.306 e. The van der Waals surface area contributed by atoms with Crippen LogP contribution in [0.1, 0.15) is 28.1 Å². The number of hydrogen-bond donors (Lipinski definition) is 2. The number of carboxylic acid groups (broad SMARTS) is 1. The lowest BCUT2D eigenvalue weighted by molar-refractivity contribution is -0.143. The Morgan fingerprint density at radius 2 is 2.00 bits per heavy atom. The molecule has 0 aliphatic carbocycles. The molecule has 1 amide bonds. The molecular formula is C18H19ClN2O3S. The average molecular weight is 379 g/mol. The number of nitrogens with zero attached hydrogens (tertiary/aromatic N) is 1. The van der Waals surface area contributed by atoms with Crippen LogP contribution in [0.5, 0.6) is 0 Å². The van der Waals surface area contributed by atoms with Crippen molar-refractivity contribution in [2.45, 2.75) is 19.4 Å². The molecule has 7 heteroatoms. The Balaban J connectivity index is 1.58. The van der Waals surface area contributed by atoms with E-state index in [4.69, 9.17) is 16.7 Å². The third-order valence-electron chi connectivity index (χ3n) is 4.32. The molecule has 0 unspecified atom stereocenters. The van der Waals surface area contributed by atoms with Gasteiger partial charge in [0.25, 0.3) is 5.91 Å². The minimum absolute atomic E-state index is 0.170. The molecule has 0 saturated carbocycles. The van der Waals surface area contributed by atoms with E-state index in [1.165, 1.54) is 11.3 Å². The van der Waals surface area contributed by atoms with Gasteiger partial charge in [-0.25, -0.2) is 0 Å². The van der Waals surface area contributed by atoms with Crippen LogP contribution < -0.4 is 5.32 Å². The largest absolute Gasteiger partial charge is 0.481 e. The molecule has 1 fully saturated rings. The number of hydrogen-bond acceptors (Lipinski definition) is 4. The summed E-state index contributed by atoms with van der Waals surface area (Å²) in [6.45, 7) is 2.31. The van der Waals surface area contributed by atoms with Crippen molar-refractivity contribution in [3.8, 4) is 0 Å². The summed E-state index contributed by atoms with van der Waals surface area (Å²) in [5, 5.41) is 12.0. The zero-order chi connectivity index (χ0) is 17.8. The van der Waals surface area contributed by atoms with Gasteiger partial charge in [-0.15, -0.1) is 11.3 Å². The highest BCUT2D eigenvalue weighted by Crippen LogP contribution is 2.23. The van der Waals surface area contributed by atoms with Gasteiger partial charge >= 0.3 is 5.97 Å². The Morgan fingerprint density at radius 1 is 1.24 bits per heavy atom. The van der Waals surface area contributed by atoms with Gasteiger partial charge in [0.2, 0.25) is 0 Å². The molecule has 1 aliphatic rings. The topological polar surface area (TPSA) is 69.6 Å². The number of carboxylic acids is 1. The van der Waals surface area contributed by atoms with E-state index >= 15 is 0 Å². The number of halogens is 1. The van der Waals surface area contributed by atoms with Gasteiger partial charge in [0.05, 0.1) is 15.1 Å². The van der Waals surface area contributed by atoms with Crippen LogP contribution in [0.15, 0.2) is 36.4 Å². The van der Waals surface area contributed by atoms with Crippen LogP contribution in [0, 0.1) is 5.92 Å². The molecule has 25 heavy (non-hydrogen) atoms. The molecule has 1 aliphatic heterocycles.